The van der Waals surface area contributed by atoms with Crippen molar-refractivity contribution in [3.8, 4) is 5.75 Å². The molecule has 0 spiro atoms. The van der Waals surface area contributed by atoms with Gasteiger partial charge in [0.25, 0.3) is 0 Å². The van der Waals surface area contributed by atoms with Crippen molar-refractivity contribution in [2.24, 2.45) is 0 Å². The van der Waals surface area contributed by atoms with Gasteiger partial charge in [-0.3, -0.25) is 0 Å². The third-order valence-corrected chi connectivity index (χ3v) is 3.16. The molecule has 2 N–H and O–H groups in total. The summed E-state index contributed by atoms with van der Waals surface area (Å²) in [6, 6.07) is 5.56. The molecule has 0 aliphatic heterocycles. The van der Waals surface area contributed by atoms with Crippen LogP contribution in [-0.4, -0.2) is 12.5 Å². The summed E-state index contributed by atoms with van der Waals surface area (Å²) in [5.74, 6) is 0.640. The highest BCUT2D eigenvalue weighted by Crippen LogP contribution is 2.34. The highest BCUT2D eigenvalue weighted by atomic mass is 35.5. The summed E-state index contributed by atoms with van der Waals surface area (Å²) in [5.41, 5.74) is 8.24. The van der Waals surface area contributed by atoms with Gasteiger partial charge in [-0.1, -0.05) is 29.8 Å². The summed E-state index contributed by atoms with van der Waals surface area (Å²) < 4.78 is 5.18. The molecule has 1 aliphatic carbocycles. The van der Waals surface area contributed by atoms with E-state index in [9.17, 15) is 0 Å². The zero-order valence-electron chi connectivity index (χ0n) is 9.28. The number of nitrogen functional groups attached to an aromatic ring is 1. The van der Waals surface area contributed by atoms with E-state index < -0.39 is 0 Å². The van der Waals surface area contributed by atoms with Crippen LogP contribution in [0, 0.1) is 6.42 Å². The Kier molecular flexibility index (Phi) is 3.65. The van der Waals surface area contributed by atoms with E-state index in [2.05, 4.69) is 0 Å². The molecule has 2 nitrogen and oxygen atoms in total. The van der Waals surface area contributed by atoms with E-state index in [-0.39, 0.29) is 5.38 Å². The first-order chi connectivity index (χ1) is 8.11. The van der Waals surface area contributed by atoms with Crippen molar-refractivity contribution < 1.29 is 4.74 Å². The Morgan fingerprint density at radius 1 is 1.35 bits per heavy atom. The van der Waals surface area contributed by atoms with Crippen LogP contribution in [-0.2, 0) is 0 Å². The second-order valence-corrected chi connectivity index (χ2v) is 4.60. The minimum absolute atomic E-state index is 0.151. The maximum Gasteiger partial charge on any atom is 0.142 e. The Bertz CT molecular complexity index is 494. The molecule has 0 bridgehead atoms. The van der Waals surface area contributed by atoms with Gasteiger partial charge < -0.3 is 10.5 Å². The van der Waals surface area contributed by atoms with Crippen LogP contribution in [0.25, 0.3) is 5.57 Å². The van der Waals surface area contributed by atoms with Crippen molar-refractivity contribution >= 4 is 34.5 Å². The quantitative estimate of drug-likeness (QED) is 0.657. The van der Waals surface area contributed by atoms with Gasteiger partial charge in [0.15, 0.2) is 0 Å². The molecule has 0 fully saturated rings. The third-order valence-electron chi connectivity index (χ3n) is 2.55. The monoisotopic (exact) mass is 268 g/mol. The van der Waals surface area contributed by atoms with Crippen molar-refractivity contribution in [2.75, 3.05) is 12.8 Å². The minimum atomic E-state index is -0.151. The van der Waals surface area contributed by atoms with Crippen LogP contribution in [0.5, 0.6) is 5.75 Å². The Morgan fingerprint density at radius 3 is 2.76 bits per heavy atom. The normalized spacial score (nSPS) is 19.6. The predicted octanol–water partition coefficient (Wildman–Crippen LogP) is 3.61. The van der Waals surface area contributed by atoms with Crippen molar-refractivity contribution in [1.82, 2.24) is 0 Å². The summed E-state index contributed by atoms with van der Waals surface area (Å²) in [5, 5.41) is 0.487. The SMILES string of the molecule is COc1cc(C2=C(Cl)[CH]C(Cl)C=C2)ccc1N. The molecule has 0 saturated carbocycles. The zero-order valence-corrected chi connectivity index (χ0v) is 10.8. The van der Waals surface area contributed by atoms with Gasteiger partial charge >= 0.3 is 0 Å². The van der Waals surface area contributed by atoms with E-state index >= 15 is 0 Å². The number of allylic oxidation sites excluding steroid dienone is 4. The number of hydrogen-bond donors (Lipinski definition) is 1. The average molecular weight is 269 g/mol. The van der Waals surface area contributed by atoms with Crippen molar-refractivity contribution in [3.05, 3.63) is 47.4 Å². The number of anilines is 1. The molecule has 1 radical (unpaired) electrons. The second-order valence-electron chi connectivity index (χ2n) is 3.69. The number of hydrogen-bond acceptors (Lipinski definition) is 2. The highest BCUT2D eigenvalue weighted by Gasteiger charge is 2.15. The number of alkyl halides is 1. The second kappa shape index (κ2) is 5.03. The fraction of sp³-hybridized carbons (Fsp3) is 0.154. The lowest BCUT2D eigenvalue weighted by molar-refractivity contribution is 0.417. The number of nitrogens with two attached hydrogens (primary N) is 1. The molecule has 0 aromatic heterocycles. The van der Waals surface area contributed by atoms with E-state index in [0.717, 1.165) is 11.1 Å². The number of ether oxygens (including phenoxy) is 1. The van der Waals surface area contributed by atoms with Crippen LogP contribution in [0.4, 0.5) is 5.69 Å². The highest BCUT2D eigenvalue weighted by molar-refractivity contribution is 6.36. The average Bonchev–Trinajstić information content (AvgIpc) is 2.30. The molecule has 1 aromatic carbocycles. The van der Waals surface area contributed by atoms with Crippen LogP contribution >= 0.6 is 23.2 Å². The summed E-state index contributed by atoms with van der Waals surface area (Å²) >= 11 is 12.1. The first kappa shape index (κ1) is 12.3. The van der Waals surface area contributed by atoms with Crippen LogP contribution in [0.15, 0.2) is 35.4 Å². The first-order valence-corrected chi connectivity index (χ1v) is 5.94. The van der Waals surface area contributed by atoms with E-state index in [4.69, 9.17) is 33.7 Å². The third kappa shape index (κ3) is 2.59. The zero-order chi connectivity index (χ0) is 12.4. The lowest BCUT2D eigenvalue weighted by Crippen LogP contribution is -2.02. The van der Waals surface area contributed by atoms with E-state index in [0.29, 0.717) is 16.5 Å². The number of rotatable bonds is 2. The Labute approximate surface area is 111 Å². The van der Waals surface area contributed by atoms with Gasteiger partial charge in [-0.25, -0.2) is 0 Å². The van der Waals surface area contributed by atoms with Crippen LogP contribution in [0.1, 0.15) is 5.56 Å². The number of methoxy groups -OCH3 is 1. The number of benzene rings is 1. The number of halogens is 2. The fourth-order valence-electron chi connectivity index (χ4n) is 1.67. The van der Waals surface area contributed by atoms with Gasteiger partial charge in [0.05, 0.1) is 18.2 Å². The van der Waals surface area contributed by atoms with Gasteiger partial charge in [0.1, 0.15) is 5.75 Å². The summed E-state index contributed by atoms with van der Waals surface area (Å²) in [4.78, 5) is 0. The predicted molar refractivity (Wildman–Crippen MR) is 73.3 cm³/mol. The molecule has 0 heterocycles. The molecule has 1 aliphatic rings. The molecule has 4 heteroatoms. The molecule has 1 unspecified atom stereocenters. The van der Waals surface area contributed by atoms with Gasteiger partial charge in [-0.05, 0) is 23.3 Å². The molecule has 0 amide bonds. The maximum absolute atomic E-state index is 6.16. The minimum Gasteiger partial charge on any atom is -0.495 e. The Balaban J connectivity index is 2.41. The molecule has 0 saturated heterocycles. The summed E-state index contributed by atoms with van der Waals surface area (Å²) in [6.07, 6.45) is 5.58. The fourth-order valence-corrected chi connectivity index (χ4v) is 2.24. The van der Waals surface area contributed by atoms with Crippen LogP contribution in [0.2, 0.25) is 0 Å². The molecular formula is C13H12Cl2NO. The van der Waals surface area contributed by atoms with Gasteiger partial charge in [0.2, 0.25) is 0 Å². The Hall–Kier alpha value is -1.12. The summed E-state index contributed by atoms with van der Waals surface area (Å²) in [6.45, 7) is 0. The van der Waals surface area contributed by atoms with E-state index in [1.807, 2.05) is 24.3 Å². The van der Waals surface area contributed by atoms with Crippen molar-refractivity contribution in [2.45, 2.75) is 5.38 Å². The largest absolute Gasteiger partial charge is 0.495 e. The van der Waals surface area contributed by atoms with Crippen LogP contribution in [0.3, 0.4) is 0 Å². The van der Waals surface area contributed by atoms with Gasteiger partial charge in [-0.2, -0.15) is 0 Å². The molecule has 89 valence electrons. The standard InChI is InChI=1S/C13H12Cl2NO/c1-17-13-6-8(2-5-12(13)16)10-4-3-9(14)7-11(10)15/h2-7,9H,16H2,1H3. The topological polar surface area (TPSA) is 35.2 Å². The smallest absolute Gasteiger partial charge is 0.142 e. The van der Waals surface area contributed by atoms with E-state index in [1.54, 1.807) is 19.6 Å². The van der Waals surface area contributed by atoms with E-state index in [1.165, 1.54) is 0 Å². The van der Waals surface area contributed by atoms with Crippen molar-refractivity contribution in [3.63, 3.8) is 0 Å². The lowest BCUT2D eigenvalue weighted by atomic mass is 9.98. The van der Waals surface area contributed by atoms with Gasteiger partial charge in [0, 0.05) is 11.5 Å². The molecule has 17 heavy (non-hydrogen) atoms. The summed E-state index contributed by atoms with van der Waals surface area (Å²) in [7, 11) is 1.59. The molecule has 2 rings (SSSR count). The Morgan fingerprint density at radius 2 is 2.12 bits per heavy atom. The molecule has 1 atom stereocenters. The van der Waals surface area contributed by atoms with Crippen molar-refractivity contribution in [1.29, 1.82) is 0 Å². The molecular weight excluding hydrogens is 257 g/mol. The first-order valence-electron chi connectivity index (χ1n) is 5.12. The van der Waals surface area contributed by atoms with Gasteiger partial charge in [-0.15, -0.1) is 11.6 Å². The lowest BCUT2D eigenvalue weighted by Gasteiger charge is -2.15. The maximum atomic E-state index is 6.16. The molecule has 1 aromatic rings. The van der Waals surface area contributed by atoms with Crippen LogP contribution < -0.4 is 10.5 Å².